The largest absolute Gasteiger partial charge is 0.310 e. The van der Waals surface area contributed by atoms with Gasteiger partial charge in [-0.2, -0.15) is 5.10 Å². The molecule has 4 heteroatoms. The molecule has 1 aromatic heterocycles. The molecule has 0 radical (unpaired) electrons. The van der Waals surface area contributed by atoms with Crippen molar-refractivity contribution in [2.24, 2.45) is 17.8 Å². The molecule has 1 saturated carbocycles. The van der Waals surface area contributed by atoms with E-state index in [-0.39, 0.29) is 0 Å². The maximum Gasteiger partial charge on any atom is 0.140 e. The fourth-order valence-electron chi connectivity index (χ4n) is 3.06. The molecule has 2 rings (SSSR count). The fraction of sp³-hybridized carbons (Fsp3) is 0.867. The van der Waals surface area contributed by atoms with Gasteiger partial charge in [-0.1, -0.05) is 33.6 Å². The summed E-state index contributed by atoms with van der Waals surface area (Å²) in [5, 5.41) is 7.87. The molecule has 1 fully saturated rings. The summed E-state index contributed by atoms with van der Waals surface area (Å²) >= 11 is 0. The lowest BCUT2D eigenvalue weighted by molar-refractivity contribution is 0.273. The molecule has 1 N–H and O–H groups in total. The summed E-state index contributed by atoms with van der Waals surface area (Å²) in [6.45, 7) is 9.73. The van der Waals surface area contributed by atoms with Crippen LogP contribution in [0.3, 0.4) is 0 Å². The first-order valence-corrected chi connectivity index (χ1v) is 7.72. The highest BCUT2D eigenvalue weighted by atomic mass is 15.3. The molecule has 1 heterocycles. The van der Waals surface area contributed by atoms with Crippen molar-refractivity contribution in [1.29, 1.82) is 0 Å². The van der Waals surface area contributed by atoms with E-state index < -0.39 is 0 Å². The SMILES string of the molecule is CC(C)Cn1ncnc1CNCC1CCCC(C)C1. The number of hydrogen-bond acceptors (Lipinski definition) is 3. The number of hydrogen-bond donors (Lipinski definition) is 1. The highest BCUT2D eigenvalue weighted by Crippen LogP contribution is 2.27. The van der Waals surface area contributed by atoms with Gasteiger partial charge in [0.25, 0.3) is 0 Å². The summed E-state index contributed by atoms with van der Waals surface area (Å²) in [7, 11) is 0. The zero-order chi connectivity index (χ0) is 13.7. The molecule has 4 nitrogen and oxygen atoms in total. The lowest BCUT2D eigenvalue weighted by Crippen LogP contribution is -2.27. The Morgan fingerprint density at radius 2 is 2.26 bits per heavy atom. The van der Waals surface area contributed by atoms with E-state index in [1.165, 1.54) is 25.7 Å². The van der Waals surface area contributed by atoms with Gasteiger partial charge in [0.15, 0.2) is 0 Å². The molecular formula is C15H28N4. The second-order valence-electron chi connectivity index (χ2n) is 6.52. The summed E-state index contributed by atoms with van der Waals surface area (Å²) in [6, 6.07) is 0. The minimum absolute atomic E-state index is 0.611. The van der Waals surface area contributed by atoms with Gasteiger partial charge in [-0.05, 0) is 37.1 Å². The Hall–Kier alpha value is -0.900. The van der Waals surface area contributed by atoms with Crippen LogP contribution < -0.4 is 5.32 Å². The highest BCUT2D eigenvalue weighted by Gasteiger charge is 2.18. The highest BCUT2D eigenvalue weighted by molar-refractivity contribution is 4.84. The van der Waals surface area contributed by atoms with Crippen molar-refractivity contribution in [3.05, 3.63) is 12.2 Å². The number of aromatic nitrogens is 3. The van der Waals surface area contributed by atoms with E-state index in [9.17, 15) is 0 Å². The van der Waals surface area contributed by atoms with Gasteiger partial charge in [-0.3, -0.25) is 0 Å². The zero-order valence-electron chi connectivity index (χ0n) is 12.6. The van der Waals surface area contributed by atoms with Gasteiger partial charge in [0.05, 0.1) is 6.54 Å². The van der Waals surface area contributed by atoms with Crippen molar-refractivity contribution in [3.63, 3.8) is 0 Å². The standard InChI is InChI=1S/C15H28N4/c1-12(2)10-19-15(17-11-18-19)9-16-8-14-6-4-5-13(3)7-14/h11-14,16H,4-10H2,1-3H3. The third-order valence-electron chi connectivity index (χ3n) is 3.99. The maximum atomic E-state index is 4.36. The minimum Gasteiger partial charge on any atom is -0.310 e. The number of nitrogens with one attached hydrogen (secondary N) is 1. The molecule has 1 aliphatic carbocycles. The molecule has 0 aliphatic heterocycles. The summed E-state index contributed by atoms with van der Waals surface area (Å²) in [5.41, 5.74) is 0. The third kappa shape index (κ3) is 4.60. The van der Waals surface area contributed by atoms with Gasteiger partial charge in [-0.25, -0.2) is 9.67 Å². The van der Waals surface area contributed by atoms with E-state index in [1.54, 1.807) is 6.33 Å². The lowest BCUT2D eigenvalue weighted by atomic mass is 9.82. The van der Waals surface area contributed by atoms with Crippen molar-refractivity contribution >= 4 is 0 Å². The van der Waals surface area contributed by atoms with E-state index >= 15 is 0 Å². The maximum absolute atomic E-state index is 4.36. The van der Waals surface area contributed by atoms with Crippen LogP contribution in [-0.4, -0.2) is 21.3 Å². The Kier molecular flexibility index (Phi) is 5.37. The molecule has 1 aliphatic rings. The molecule has 2 atom stereocenters. The monoisotopic (exact) mass is 264 g/mol. The Morgan fingerprint density at radius 3 is 3.00 bits per heavy atom. The predicted octanol–water partition coefficient (Wildman–Crippen LogP) is 2.85. The zero-order valence-corrected chi connectivity index (χ0v) is 12.6. The average molecular weight is 264 g/mol. The van der Waals surface area contributed by atoms with Crippen LogP contribution in [0.15, 0.2) is 6.33 Å². The van der Waals surface area contributed by atoms with Crippen LogP contribution in [0.4, 0.5) is 0 Å². The van der Waals surface area contributed by atoms with Gasteiger partial charge < -0.3 is 5.32 Å². The van der Waals surface area contributed by atoms with Gasteiger partial charge in [-0.15, -0.1) is 0 Å². The predicted molar refractivity (Wildman–Crippen MR) is 77.7 cm³/mol. The van der Waals surface area contributed by atoms with E-state index in [4.69, 9.17) is 0 Å². The van der Waals surface area contributed by atoms with Crippen molar-refractivity contribution in [1.82, 2.24) is 20.1 Å². The Labute approximate surface area is 117 Å². The molecular weight excluding hydrogens is 236 g/mol. The van der Waals surface area contributed by atoms with Gasteiger partial charge >= 0.3 is 0 Å². The van der Waals surface area contributed by atoms with Crippen LogP contribution in [0.1, 0.15) is 52.3 Å². The summed E-state index contributed by atoms with van der Waals surface area (Å²) < 4.78 is 2.03. The van der Waals surface area contributed by atoms with Gasteiger partial charge in [0, 0.05) is 6.54 Å². The molecule has 1 aromatic rings. The minimum atomic E-state index is 0.611. The van der Waals surface area contributed by atoms with Crippen LogP contribution in [-0.2, 0) is 13.1 Å². The van der Waals surface area contributed by atoms with E-state index in [2.05, 4.69) is 36.2 Å². The topological polar surface area (TPSA) is 42.7 Å². The molecule has 2 unspecified atom stereocenters. The van der Waals surface area contributed by atoms with Crippen molar-refractivity contribution in [3.8, 4) is 0 Å². The summed E-state index contributed by atoms with van der Waals surface area (Å²) in [4.78, 5) is 4.36. The average Bonchev–Trinajstić information content (AvgIpc) is 2.76. The van der Waals surface area contributed by atoms with Crippen LogP contribution in [0.5, 0.6) is 0 Å². The van der Waals surface area contributed by atoms with Crippen LogP contribution in [0, 0.1) is 17.8 Å². The molecule has 0 spiro atoms. The lowest BCUT2D eigenvalue weighted by Gasteiger charge is -2.26. The Bertz CT molecular complexity index is 372. The molecule has 0 bridgehead atoms. The second-order valence-corrected chi connectivity index (χ2v) is 6.52. The number of rotatable bonds is 6. The first-order valence-electron chi connectivity index (χ1n) is 7.72. The third-order valence-corrected chi connectivity index (χ3v) is 3.99. The van der Waals surface area contributed by atoms with Crippen molar-refractivity contribution in [2.75, 3.05) is 6.54 Å². The Morgan fingerprint density at radius 1 is 1.42 bits per heavy atom. The van der Waals surface area contributed by atoms with Gasteiger partial charge in [0.1, 0.15) is 12.2 Å². The summed E-state index contributed by atoms with van der Waals surface area (Å²) in [6.07, 6.45) is 7.25. The summed E-state index contributed by atoms with van der Waals surface area (Å²) in [5.74, 6) is 3.44. The first kappa shape index (κ1) is 14.5. The quantitative estimate of drug-likeness (QED) is 0.859. The van der Waals surface area contributed by atoms with Crippen molar-refractivity contribution in [2.45, 2.75) is 59.5 Å². The number of nitrogens with zero attached hydrogens (tertiary/aromatic N) is 3. The Balaban J connectivity index is 1.74. The second kappa shape index (κ2) is 7.04. The van der Waals surface area contributed by atoms with Gasteiger partial charge in [0.2, 0.25) is 0 Å². The van der Waals surface area contributed by atoms with E-state index in [0.717, 1.165) is 37.3 Å². The molecule has 0 aromatic carbocycles. The molecule has 0 amide bonds. The molecule has 0 saturated heterocycles. The van der Waals surface area contributed by atoms with E-state index in [0.29, 0.717) is 5.92 Å². The molecule has 108 valence electrons. The van der Waals surface area contributed by atoms with Crippen LogP contribution in [0.2, 0.25) is 0 Å². The first-order chi connectivity index (χ1) is 9.15. The smallest absolute Gasteiger partial charge is 0.140 e. The van der Waals surface area contributed by atoms with Crippen LogP contribution in [0.25, 0.3) is 0 Å². The molecule has 19 heavy (non-hydrogen) atoms. The normalized spacial score (nSPS) is 24.0. The fourth-order valence-corrected chi connectivity index (χ4v) is 3.06. The van der Waals surface area contributed by atoms with Crippen LogP contribution >= 0.6 is 0 Å². The van der Waals surface area contributed by atoms with Crippen molar-refractivity contribution < 1.29 is 0 Å². The van der Waals surface area contributed by atoms with E-state index in [1.807, 2.05) is 4.68 Å².